The fraction of sp³-hybridized carbons (Fsp3) is 0. The zero-order valence-corrected chi connectivity index (χ0v) is 26.9. The van der Waals surface area contributed by atoms with Gasteiger partial charge in [-0.05, 0) is 81.6 Å². The van der Waals surface area contributed by atoms with E-state index >= 15 is 0 Å². The zero-order valence-electron chi connectivity index (χ0n) is 26.1. The lowest BCUT2D eigenvalue weighted by atomic mass is 9.98. The minimum atomic E-state index is 1.02. The summed E-state index contributed by atoms with van der Waals surface area (Å²) in [6.45, 7) is 0. The molecule has 0 spiro atoms. The van der Waals surface area contributed by atoms with Crippen LogP contribution in [0.1, 0.15) is 0 Å². The van der Waals surface area contributed by atoms with Crippen molar-refractivity contribution in [3.63, 3.8) is 0 Å². The minimum absolute atomic E-state index is 1.02. The highest BCUT2D eigenvalue weighted by Crippen LogP contribution is 2.41. The van der Waals surface area contributed by atoms with Gasteiger partial charge in [-0.15, -0.1) is 11.3 Å². The van der Waals surface area contributed by atoms with Gasteiger partial charge in [-0.3, -0.25) is 4.98 Å². The molecule has 0 saturated heterocycles. The SMILES string of the molecule is c1ccc(-c2ccc(N(c3ccc(-c4cccc5ccccc45)cc3)c3ccc(-c4nccc5sc6ccccc6c45)cc3)cc2)cc1. The molecule has 0 radical (unpaired) electrons. The maximum absolute atomic E-state index is 4.88. The van der Waals surface area contributed by atoms with E-state index in [4.69, 9.17) is 4.98 Å². The van der Waals surface area contributed by atoms with Crippen LogP contribution in [0.5, 0.6) is 0 Å². The van der Waals surface area contributed by atoms with Crippen molar-refractivity contribution in [2.75, 3.05) is 4.90 Å². The Balaban J connectivity index is 1.13. The van der Waals surface area contributed by atoms with E-state index in [9.17, 15) is 0 Å². The lowest BCUT2D eigenvalue weighted by Gasteiger charge is -2.26. The molecular weight excluding hydrogens is 601 g/mol. The molecule has 0 atom stereocenters. The number of aromatic nitrogens is 1. The molecule has 0 bridgehead atoms. The normalized spacial score (nSPS) is 11.3. The summed E-state index contributed by atoms with van der Waals surface area (Å²) in [5.74, 6) is 0. The van der Waals surface area contributed by atoms with E-state index in [1.165, 1.54) is 53.2 Å². The average molecular weight is 631 g/mol. The van der Waals surface area contributed by atoms with Gasteiger partial charge in [0, 0.05) is 49.0 Å². The highest BCUT2D eigenvalue weighted by atomic mass is 32.1. The third kappa shape index (κ3) is 5.02. The Bertz CT molecular complexity index is 2530. The molecule has 2 aromatic heterocycles. The number of anilines is 3. The first-order valence-electron chi connectivity index (χ1n) is 16.2. The van der Waals surface area contributed by atoms with Crippen molar-refractivity contribution in [1.82, 2.24) is 4.98 Å². The number of nitrogens with zero attached hydrogens (tertiary/aromatic N) is 2. The van der Waals surface area contributed by atoms with Gasteiger partial charge in [0.25, 0.3) is 0 Å². The number of pyridine rings is 1. The Morgan fingerprint density at radius 1 is 0.396 bits per heavy atom. The number of thiophene rings is 1. The lowest BCUT2D eigenvalue weighted by Crippen LogP contribution is -2.09. The topological polar surface area (TPSA) is 16.1 Å². The standard InChI is InChI=1S/C45H30N2S/c1-2-9-31(10-3-1)32-17-23-36(24-18-32)47(37-25-19-34(20-26-37)40-15-8-12-33-11-4-5-13-39(33)40)38-27-21-35(22-28-38)45-44-41-14-6-7-16-42(41)48-43(44)29-30-46-45/h1-30H. The van der Waals surface area contributed by atoms with Crippen LogP contribution in [0.4, 0.5) is 17.1 Å². The van der Waals surface area contributed by atoms with Gasteiger partial charge in [-0.25, -0.2) is 0 Å². The van der Waals surface area contributed by atoms with Crippen molar-refractivity contribution in [2.24, 2.45) is 0 Å². The molecule has 0 unspecified atom stereocenters. The van der Waals surface area contributed by atoms with E-state index in [2.05, 4.69) is 181 Å². The van der Waals surface area contributed by atoms with Crippen LogP contribution in [-0.4, -0.2) is 4.98 Å². The first-order valence-corrected chi connectivity index (χ1v) is 17.0. The highest BCUT2D eigenvalue weighted by Gasteiger charge is 2.16. The minimum Gasteiger partial charge on any atom is -0.311 e. The summed E-state index contributed by atoms with van der Waals surface area (Å²) in [4.78, 5) is 7.21. The first kappa shape index (κ1) is 28.2. The predicted molar refractivity (Wildman–Crippen MR) is 206 cm³/mol. The van der Waals surface area contributed by atoms with Crippen LogP contribution in [0.25, 0.3) is 64.5 Å². The zero-order chi connectivity index (χ0) is 31.9. The Morgan fingerprint density at radius 2 is 0.958 bits per heavy atom. The van der Waals surface area contributed by atoms with Crippen molar-refractivity contribution < 1.29 is 0 Å². The smallest absolute Gasteiger partial charge is 0.0795 e. The van der Waals surface area contributed by atoms with E-state index in [1.54, 1.807) is 0 Å². The van der Waals surface area contributed by atoms with Gasteiger partial charge in [-0.1, -0.05) is 127 Å². The van der Waals surface area contributed by atoms with Crippen LogP contribution in [0.15, 0.2) is 182 Å². The van der Waals surface area contributed by atoms with Crippen molar-refractivity contribution in [3.8, 4) is 33.5 Å². The summed E-state index contributed by atoms with van der Waals surface area (Å²) in [5, 5.41) is 5.00. The quantitative estimate of drug-likeness (QED) is 0.182. The second kappa shape index (κ2) is 12.0. The first-order chi connectivity index (χ1) is 23.8. The molecular formula is C45H30N2S. The lowest BCUT2D eigenvalue weighted by molar-refractivity contribution is 1.28. The summed E-state index contributed by atoms with van der Waals surface area (Å²) in [7, 11) is 0. The van der Waals surface area contributed by atoms with E-state index in [0.717, 1.165) is 28.3 Å². The molecule has 0 fully saturated rings. The van der Waals surface area contributed by atoms with Crippen LogP contribution < -0.4 is 4.90 Å². The number of rotatable bonds is 6. The fourth-order valence-electron chi connectivity index (χ4n) is 6.81. The van der Waals surface area contributed by atoms with Crippen LogP contribution in [0, 0.1) is 0 Å². The highest BCUT2D eigenvalue weighted by molar-refractivity contribution is 7.25. The second-order valence-corrected chi connectivity index (χ2v) is 13.1. The van der Waals surface area contributed by atoms with Gasteiger partial charge >= 0.3 is 0 Å². The van der Waals surface area contributed by atoms with Gasteiger partial charge in [0.05, 0.1) is 5.69 Å². The molecule has 7 aromatic carbocycles. The van der Waals surface area contributed by atoms with E-state index < -0.39 is 0 Å². The molecule has 9 rings (SSSR count). The number of benzene rings is 7. The molecule has 226 valence electrons. The monoisotopic (exact) mass is 630 g/mol. The maximum Gasteiger partial charge on any atom is 0.0795 e. The molecule has 3 heteroatoms. The average Bonchev–Trinajstić information content (AvgIpc) is 3.55. The van der Waals surface area contributed by atoms with Crippen LogP contribution in [0.2, 0.25) is 0 Å². The fourth-order valence-corrected chi connectivity index (χ4v) is 7.91. The molecule has 0 aliphatic carbocycles. The molecule has 0 amide bonds. The molecule has 0 aliphatic heterocycles. The van der Waals surface area contributed by atoms with Crippen molar-refractivity contribution in [1.29, 1.82) is 0 Å². The van der Waals surface area contributed by atoms with Gasteiger partial charge in [-0.2, -0.15) is 0 Å². The Hall–Kier alpha value is -6.03. The van der Waals surface area contributed by atoms with Crippen LogP contribution in [0.3, 0.4) is 0 Å². The molecule has 2 heterocycles. The third-order valence-corrected chi connectivity index (χ3v) is 10.3. The second-order valence-electron chi connectivity index (χ2n) is 12.0. The van der Waals surface area contributed by atoms with Crippen molar-refractivity contribution in [3.05, 3.63) is 182 Å². The molecule has 0 aliphatic rings. The summed E-state index contributed by atoms with van der Waals surface area (Å²) in [5.41, 5.74) is 10.3. The van der Waals surface area contributed by atoms with Crippen LogP contribution >= 0.6 is 11.3 Å². The van der Waals surface area contributed by atoms with Gasteiger partial charge in [0.2, 0.25) is 0 Å². The molecule has 0 saturated carbocycles. The van der Waals surface area contributed by atoms with Crippen LogP contribution in [-0.2, 0) is 0 Å². The summed E-state index contributed by atoms with van der Waals surface area (Å²) in [6, 6.07) is 63.0. The molecule has 48 heavy (non-hydrogen) atoms. The van der Waals surface area contributed by atoms with Crippen molar-refractivity contribution in [2.45, 2.75) is 0 Å². The van der Waals surface area contributed by atoms with E-state index in [-0.39, 0.29) is 0 Å². The Kier molecular flexibility index (Phi) is 7.03. The number of fused-ring (bicyclic) bond motifs is 4. The van der Waals surface area contributed by atoms with E-state index in [0.29, 0.717) is 0 Å². The molecule has 0 N–H and O–H groups in total. The summed E-state index contributed by atoms with van der Waals surface area (Å²) in [6.07, 6.45) is 1.93. The third-order valence-electron chi connectivity index (χ3n) is 9.15. The summed E-state index contributed by atoms with van der Waals surface area (Å²) < 4.78 is 2.55. The van der Waals surface area contributed by atoms with Gasteiger partial charge in [0.15, 0.2) is 0 Å². The van der Waals surface area contributed by atoms with Crippen molar-refractivity contribution >= 4 is 59.3 Å². The maximum atomic E-state index is 4.88. The number of hydrogen-bond donors (Lipinski definition) is 0. The Labute approximate surface area is 283 Å². The summed E-state index contributed by atoms with van der Waals surface area (Å²) >= 11 is 1.82. The van der Waals surface area contributed by atoms with Gasteiger partial charge < -0.3 is 4.90 Å². The number of hydrogen-bond acceptors (Lipinski definition) is 3. The molecule has 2 nitrogen and oxygen atoms in total. The predicted octanol–water partition coefficient (Wildman–Crippen LogP) is 13.1. The Morgan fingerprint density at radius 3 is 1.69 bits per heavy atom. The van der Waals surface area contributed by atoms with Gasteiger partial charge in [0.1, 0.15) is 0 Å². The largest absolute Gasteiger partial charge is 0.311 e. The molecule has 9 aromatic rings. The van der Waals surface area contributed by atoms with E-state index in [1.807, 2.05) is 17.5 Å².